The van der Waals surface area contributed by atoms with E-state index in [1.54, 1.807) is 11.1 Å². The summed E-state index contributed by atoms with van der Waals surface area (Å²) in [7, 11) is 0. The molecule has 0 heteroatoms. The van der Waals surface area contributed by atoms with Crippen LogP contribution in [0.2, 0.25) is 0 Å². The van der Waals surface area contributed by atoms with Gasteiger partial charge < -0.3 is 0 Å². The summed E-state index contributed by atoms with van der Waals surface area (Å²) in [5.41, 5.74) is 3.15. The van der Waals surface area contributed by atoms with Crippen molar-refractivity contribution in [2.75, 3.05) is 0 Å². The van der Waals surface area contributed by atoms with Gasteiger partial charge in [0.05, 0.1) is 0 Å². The first-order valence-electron chi connectivity index (χ1n) is 8.04. The summed E-state index contributed by atoms with van der Waals surface area (Å²) in [5.74, 6) is 1.99. The number of rotatable bonds is 6. The van der Waals surface area contributed by atoms with Gasteiger partial charge in [-0.2, -0.15) is 0 Å². The second kappa shape index (κ2) is 8.56. The lowest BCUT2D eigenvalue weighted by Gasteiger charge is -2.27. The minimum Gasteiger partial charge on any atom is -0.0731 e. The van der Waals surface area contributed by atoms with Crippen LogP contribution in [-0.2, 0) is 0 Å². The number of hydrogen-bond donors (Lipinski definition) is 0. The lowest BCUT2D eigenvalue weighted by atomic mass is 9.78. The molecule has 0 aromatic carbocycles. The van der Waals surface area contributed by atoms with Gasteiger partial charge in [-0.25, -0.2) is 0 Å². The maximum absolute atomic E-state index is 2.37. The van der Waals surface area contributed by atoms with Crippen molar-refractivity contribution in [3.8, 4) is 0 Å². The second-order valence-electron chi connectivity index (χ2n) is 6.04. The zero-order valence-electron chi connectivity index (χ0n) is 13.0. The van der Waals surface area contributed by atoms with E-state index in [0.717, 1.165) is 11.8 Å². The molecule has 1 fully saturated rings. The zero-order chi connectivity index (χ0) is 13.4. The Balaban J connectivity index is 2.38. The van der Waals surface area contributed by atoms with E-state index in [4.69, 9.17) is 0 Å². The van der Waals surface area contributed by atoms with Crippen molar-refractivity contribution in [2.45, 2.75) is 79.1 Å². The van der Waals surface area contributed by atoms with E-state index in [2.05, 4.69) is 39.8 Å². The first-order valence-corrected chi connectivity index (χ1v) is 8.04. The molecule has 1 aliphatic carbocycles. The maximum Gasteiger partial charge on any atom is -0.0291 e. The molecule has 0 aromatic heterocycles. The van der Waals surface area contributed by atoms with Gasteiger partial charge in [0, 0.05) is 0 Å². The van der Waals surface area contributed by atoms with Crippen LogP contribution >= 0.6 is 0 Å². The first-order chi connectivity index (χ1) is 8.69. The molecule has 0 heterocycles. The Morgan fingerprint density at radius 3 is 1.94 bits per heavy atom. The predicted molar refractivity (Wildman–Crippen MR) is 82.8 cm³/mol. The lowest BCUT2D eigenvalue weighted by Crippen LogP contribution is -2.14. The van der Waals surface area contributed by atoms with Crippen molar-refractivity contribution < 1.29 is 0 Å². The molecule has 0 unspecified atom stereocenters. The molecule has 1 aliphatic rings. The third-order valence-corrected chi connectivity index (χ3v) is 4.67. The molecule has 104 valence electrons. The van der Waals surface area contributed by atoms with E-state index in [-0.39, 0.29) is 0 Å². The van der Waals surface area contributed by atoms with Gasteiger partial charge in [0.25, 0.3) is 0 Å². The lowest BCUT2D eigenvalue weighted by molar-refractivity contribution is 0.268. The maximum atomic E-state index is 2.37. The van der Waals surface area contributed by atoms with Crippen LogP contribution in [0.3, 0.4) is 0 Å². The molecule has 0 aliphatic heterocycles. The molecule has 0 radical (unpaired) electrons. The van der Waals surface area contributed by atoms with Crippen LogP contribution in [-0.4, -0.2) is 0 Å². The van der Waals surface area contributed by atoms with Crippen molar-refractivity contribution in [2.24, 2.45) is 11.8 Å². The SMILES string of the molecule is CCC(=CC=C(C)CC1CCC(CC)CC1)CC. The van der Waals surface area contributed by atoms with Crippen LogP contribution in [0.15, 0.2) is 23.3 Å². The van der Waals surface area contributed by atoms with E-state index in [0.29, 0.717) is 0 Å². The zero-order valence-corrected chi connectivity index (χ0v) is 13.0. The molecule has 18 heavy (non-hydrogen) atoms. The highest BCUT2D eigenvalue weighted by Gasteiger charge is 2.19. The highest BCUT2D eigenvalue weighted by atomic mass is 14.2. The Morgan fingerprint density at radius 1 is 0.889 bits per heavy atom. The van der Waals surface area contributed by atoms with Crippen LogP contribution in [0.5, 0.6) is 0 Å². The minimum atomic E-state index is 0.962. The largest absolute Gasteiger partial charge is 0.0731 e. The summed E-state index contributed by atoms with van der Waals surface area (Å²) in [6.45, 7) is 9.17. The minimum absolute atomic E-state index is 0.962. The molecule has 0 aromatic rings. The molecular weight excluding hydrogens is 216 g/mol. The van der Waals surface area contributed by atoms with Gasteiger partial charge in [-0.1, -0.05) is 63.3 Å². The average molecular weight is 248 g/mol. The molecule has 0 spiro atoms. The van der Waals surface area contributed by atoms with Crippen LogP contribution < -0.4 is 0 Å². The molecule has 0 atom stereocenters. The Kier molecular flexibility index (Phi) is 7.39. The van der Waals surface area contributed by atoms with E-state index in [1.807, 2.05) is 0 Å². The molecule has 1 rings (SSSR count). The van der Waals surface area contributed by atoms with Crippen molar-refractivity contribution >= 4 is 0 Å². The molecule has 0 bridgehead atoms. The summed E-state index contributed by atoms with van der Waals surface area (Å²) < 4.78 is 0. The first kappa shape index (κ1) is 15.5. The third kappa shape index (κ3) is 5.42. The smallest absolute Gasteiger partial charge is 0.0291 e. The highest BCUT2D eigenvalue weighted by Crippen LogP contribution is 2.33. The molecule has 0 N–H and O–H groups in total. The van der Waals surface area contributed by atoms with Gasteiger partial charge in [0.15, 0.2) is 0 Å². The van der Waals surface area contributed by atoms with E-state index < -0.39 is 0 Å². The van der Waals surface area contributed by atoms with Gasteiger partial charge in [-0.15, -0.1) is 0 Å². The van der Waals surface area contributed by atoms with Crippen LogP contribution in [0.25, 0.3) is 0 Å². The number of allylic oxidation sites excluding steroid dienone is 4. The fraction of sp³-hybridized carbons (Fsp3) is 0.778. The standard InChI is InChI=1S/C18H32/c1-5-16(6-2)9-8-15(4)14-18-12-10-17(7-3)11-13-18/h8-9,17-18H,5-7,10-14H2,1-4H3. The predicted octanol–water partition coefficient (Wildman–Crippen LogP) is 6.29. The van der Waals surface area contributed by atoms with Gasteiger partial charge in [0.1, 0.15) is 0 Å². The Morgan fingerprint density at radius 2 is 1.44 bits per heavy atom. The summed E-state index contributed by atoms with van der Waals surface area (Å²) >= 11 is 0. The Hall–Kier alpha value is -0.520. The van der Waals surface area contributed by atoms with Gasteiger partial charge in [-0.05, 0) is 50.9 Å². The monoisotopic (exact) mass is 248 g/mol. The van der Waals surface area contributed by atoms with Crippen LogP contribution in [0.4, 0.5) is 0 Å². The topological polar surface area (TPSA) is 0 Å². The van der Waals surface area contributed by atoms with Crippen LogP contribution in [0.1, 0.15) is 79.1 Å². The fourth-order valence-electron chi connectivity index (χ4n) is 3.11. The molecule has 0 amide bonds. The molecule has 0 nitrogen and oxygen atoms in total. The Bertz CT molecular complexity index is 268. The summed E-state index contributed by atoms with van der Waals surface area (Å²) in [6, 6.07) is 0. The highest BCUT2D eigenvalue weighted by molar-refractivity contribution is 5.16. The van der Waals surface area contributed by atoms with E-state index in [9.17, 15) is 0 Å². The van der Waals surface area contributed by atoms with Crippen LogP contribution in [0, 0.1) is 11.8 Å². The van der Waals surface area contributed by atoms with Gasteiger partial charge in [-0.3, -0.25) is 0 Å². The third-order valence-electron chi connectivity index (χ3n) is 4.67. The average Bonchev–Trinajstić information content (AvgIpc) is 2.41. The summed E-state index contributed by atoms with van der Waals surface area (Å²) in [6.07, 6.45) is 15.7. The van der Waals surface area contributed by atoms with E-state index >= 15 is 0 Å². The van der Waals surface area contributed by atoms with Crippen molar-refractivity contribution in [3.63, 3.8) is 0 Å². The van der Waals surface area contributed by atoms with Gasteiger partial charge >= 0.3 is 0 Å². The fourth-order valence-corrected chi connectivity index (χ4v) is 3.11. The molecule has 1 saturated carbocycles. The van der Waals surface area contributed by atoms with E-state index in [1.165, 1.54) is 51.4 Å². The normalized spacial score (nSPS) is 25.0. The quantitative estimate of drug-likeness (QED) is 0.485. The molecule has 0 saturated heterocycles. The number of hydrogen-bond acceptors (Lipinski definition) is 0. The van der Waals surface area contributed by atoms with Crippen molar-refractivity contribution in [3.05, 3.63) is 23.3 Å². The van der Waals surface area contributed by atoms with Crippen molar-refractivity contribution in [1.82, 2.24) is 0 Å². The summed E-state index contributed by atoms with van der Waals surface area (Å²) in [5, 5.41) is 0. The van der Waals surface area contributed by atoms with Crippen molar-refractivity contribution in [1.29, 1.82) is 0 Å². The second-order valence-corrected chi connectivity index (χ2v) is 6.04. The summed E-state index contributed by atoms with van der Waals surface area (Å²) in [4.78, 5) is 0. The molecular formula is C18H32. The van der Waals surface area contributed by atoms with Gasteiger partial charge in [0.2, 0.25) is 0 Å². The Labute approximate surface area is 115 Å².